The molecule has 3 aliphatic heterocycles. The lowest BCUT2D eigenvalue weighted by Crippen LogP contribution is -2.33. The Morgan fingerprint density at radius 3 is 1.76 bits per heavy atom. The second kappa shape index (κ2) is 13.8. The first-order valence-corrected chi connectivity index (χ1v) is 14.9. The summed E-state index contributed by atoms with van der Waals surface area (Å²) >= 11 is 0. The molecule has 0 aromatic rings. The van der Waals surface area contributed by atoms with Gasteiger partial charge in [-0.25, -0.2) is 8.78 Å². The van der Waals surface area contributed by atoms with Crippen LogP contribution < -0.4 is 10.6 Å². The lowest BCUT2D eigenvalue weighted by molar-refractivity contribution is 0.120. The molecule has 3 N–H and O–H groups in total. The molecule has 3 aliphatic carbocycles. The Morgan fingerprint density at radius 2 is 1.32 bits per heavy atom. The van der Waals surface area contributed by atoms with Gasteiger partial charge in [-0.15, -0.1) is 0 Å². The van der Waals surface area contributed by atoms with Crippen LogP contribution in [0.25, 0.3) is 0 Å². The van der Waals surface area contributed by atoms with Gasteiger partial charge in [-0.05, 0) is 66.7 Å². The number of halogens is 2. The van der Waals surface area contributed by atoms with Gasteiger partial charge in [-0.3, -0.25) is 0 Å². The van der Waals surface area contributed by atoms with E-state index in [1.807, 2.05) is 7.05 Å². The number of aliphatic hydroxyl groups is 1. The van der Waals surface area contributed by atoms with E-state index < -0.39 is 12.3 Å². The van der Waals surface area contributed by atoms with Gasteiger partial charge in [0.1, 0.15) is 12.3 Å². The Morgan fingerprint density at radius 1 is 0.757 bits per heavy atom. The standard InChI is InChI=1S/C10H19FN2.C10H20N2O.C8H15FN2/c1-12-5-8(10(11)7-12)6-13(2)9-3-4-9;1-11-5-8(10(13)7-11)6-12(2)9-3-4-9;9-8-5-10-3-6(8)4-11-7-1-2-7/h8-10H,3-7H2,1-2H3;8-10,13H,3-7H2,1-2H3;6-8,10-11H,1-5H2/t8-,10-;8-,10+;6-,8-/m111/s1. The van der Waals surface area contributed by atoms with Crippen LogP contribution in [0.3, 0.4) is 0 Å². The summed E-state index contributed by atoms with van der Waals surface area (Å²) < 4.78 is 26.4. The van der Waals surface area contributed by atoms with Gasteiger partial charge in [-0.2, -0.15) is 0 Å². The van der Waals surface area contributed by atoms with E-state index in [-0.39, 0.29) is 17.9 Å². The zero-order valence-electron chi connectivity index (χ0n) is 23.8. The molecule has 6 atom stereocenters. The molecule has 3 saturated heterocycles. The first-order chi connectivity index (χ1) is 17.7. The lowest BCUT2D eigenvalue weighted by Gasteiger charge is -2.22. The monoisotopic (exact) mass is 528 g/mol. The summed E-state index contributed by atoms with van der Waals surface area (Å²) in [4.78, 5) is 9.05. The summed E-state index contributed by atoms with van der Waals surface area (Å²) in [5.74, 6) is 0.932. The molecule has 7 nitrogen and oxygen atoms in total. The van der Waals surface area contributed by atoms with Crippen LogP contribution in [0.1, 0.15) is 38.5 Å². The first-order valence-electron chi connectivity index (χ1n) is 14.9. The molecule has 3 saturated carbocycles. The van der Waals surface area contributed by atoms with Crippen LogP contribution in [0.5, 0.6) is 0 Å². The highest BCUT2D eigenvalue weighted by Crippen LogP contribution is 2.29. The Kier molecular flexibility index (Phi) is 11.0. The van der Waals surface area contributed by atoms with Crippen molar-refractivity contribution in [1.29, 1.82) is 0 Å². The third-order valence-electron chi connectivity index (χ3n) is 9.02. The SMILES string of the molecule is CN1C[C@H](CN(C)C2CC2)[C@@H](O)C1.CN1C[C@H](CN(C)C2CC2)[C@H](F)C1.F[C@@H]1CNC[C@@H]1CNC1CC1. The second-order valence-electron chi connectivity index (χ2n) is 13.0. The smallest absolute Gasteiger partial charge is 0.118 e. The summed E-state index contributed by atoms with van der Waals surface area (Å²) in [6.45, 7) is 7.73. The molecule has 6 aliphatic rings. The highest BCUT2D eigenvalue weighted by Gasteiger charge is 2.35. The third-order valence-corrected chi connectivity index (χ3v) is 9.02. The van der Waals surface area contributed by atoms with Crippen LogP contribution in [-0.2, 0) is 0 Å². The van der Waals surface area contributed by atoms with Gasteiger partial charge in [0, 0.05) is 94.8 Å². The number of nitrogens with zero attached hydrogens (tertiary/aromatic N) is 4. The molecule has 3 heterocycles. The molecule has 37 heavy (non-hydrogen) atoms. The third kappa shape index (κ3) is 9.92. The maximum atomic E-state index is 13.4. The highest BCUT2D eigenvalue weighted by molar-refractivity contribution is 4.90. The van der Waals surface area contributed by atoms with Crippen LogP contribution in [0, 0.1) is 17.8 Å². The second-order valence-corrected chi connectivity index (χ2v) is 13.0. The minimum absolute atomic E-state index is 0.105. The Bertz CT molecular complexity index is 639. The minimum atomic E-state index is -0.624. The van der Waals surface area contributed by atoms with E-state index in [0.29, 0.717) is 25.0 Å². The van der Waals surface area contributed by atoms with E-state index in [1.165, 1.54) is 38.5 Å². The van der Waals surface area contributed by atoms with E-state index in [4.69, 9.17) is 0 Å². The number of nitrogens with one attached hydrogen (secondary N) is 2. The molecule has 0 bridgehead atoms. The van der Waals surface area contributed by atoms with Crippen molar-refractivity contribution in [1.82, 2.24) is 30.2 Å². The molecular weight excluding hydrogens is 474 g/mol. The number of rotatable bonds is 9. The normalized spacial score (nSPS) is 36.6. The maximum Gasteiger partial charge on any atom is 0.118 e. The fourth-order valence-electron chi connectivity index (χ4n) is 6.03. The van der Waals surface area contributed by atoms with Crippen molar-refractivity contribution in [2.75, 3.05) is 87.1 Å². The fourth-order valence-corrected chi connectivity index (χ4v) is 6.03. The molecule has 0 radical (unpaired) electrons. The molecule has 6 rings (SSSR count). The van der Waals surface area contributed by atoms with E-state index >= 15 is 0 Å². The Balaban J connectivity index is 0.000000130. The fraction of sp³-hybridized carbons (Fsp3) is 1.00. The van der Waals surface area contributed by atoms with E-state index in [0.717, 1.165) is 57.9 Å². The molecule has 216 valence electrons. The number of likely N-dealkylation sites (N-methyl/N-ethyl adjacent to an activating group) is 1. The molecular formula is C28H54F2N6O. The predicted octanol–water partition coefficient (Wildman–Crippen LogP) is 1.28. The van der Waals surface area contributed by atoms with E-state index in [2.05, 4.69) is 51.4 Å². The van der Waals surface area contributed by atoms with Crippen LogP contribution in [0.4, 0.5) is 8.78 Å². The molecule has 0 aromatic carbocycles. The largest absolute Gasteiger partial charge is 0.391 e. The first kappa shape index (κ1) is 29.6. The van der Waals surface area contributed by atoms with Crippen molar-refractivity contribution >= 4 is 0 Å². The van der Waals surface area contributed by atoms with Gasteiger partial charge in [0.2, 0.25) is 0 Å². The van der Waals surface area contributed by atoms with Crippen molar-refractivity contribution in [2.45, 2.75) is 75.1 Å². The van der Waals surface area contributed by atoms with Crippen LogP contribution in [0.2, 0.25) is 0 Å². The molecule has 0 amide bonds. The minimum Gasteiger partial charge on any atom is -0.391 e. The van der Waals surface area contributed by atoms with Gasteiger partial charge >= 0.3 is 0 Å². The lowest BCUT2D eigenvalue weighted by atomic mass is 10.1. The summed E-state index contributed by atoms with van der Waals surface area (Å²) in [5, 5.41) is 16.1. The highest BCUT2D eigenvalue weighted by atomic mass is 19.1. The van der Waals surface area contributed by atoms with Gasteiger partial charge < -0.3 is 35.3 Å². The average Bonchev–Trinajstić information content (AvgIpc) is 3.74. The molecule has 0 spiro atoms. The zero-order valence-corrected chi connectivity index (χ0v) is 23.8. The van der Waals surface area contributed by atoms with Gasteiger partial charge in [-0.1, -0.05) is 0 Å². The Labute approximate surface area is 224 Å². The van der Waals surface area contributed by atoms with E-state index in [9.17, 15) is 13.9 Å². The number of likely N-dealkylation sites (tertiary alicyclic amines) is 2. The van der Waals surface area contributed by atoms with Crippen LogP contribution >= 0.6 is 0 Å². The summed E-state index contributed by atoms with van der Waals surface area (Å²) in [6, 6.07) is 2.29. The number of hydrogen-bond donors (Lipinski definition) is 3. The summed E-state index contributed by atoms with van der Waals surface area (Å²) in [6.07, 6.45) is 6.59. The number of aliphatic hydroxyl groups excluding tert-OH is 1. The predicted molar refractivity (Wildman–Crippen MR) is 146 cm³/mol. The topological polar surface area (TPSA) is 57.3 Å². The average molecular weight is 529 g/mol. The van der Waals surface area contributed by atoms with Gasteiger partial charge in [0.15, 0.2) is 0 Å². The van der Waals surface area contributed by atoms with Crippen molar-refractivity contribution in [2.24, 2.45) is 17.8 Å². The molecule has 0 unspecified atom stereocenters. The van der Waals surface area contributed by atoms with Crippen molar-refractivity contribution in [3.05, 3.63) is 0 Å². The van der Waals surface area contributed by atoms with E-state index in [1.54, 1.807) is 0 Å². The zero-order chi connectivity index (χ0) is 26.5. The summed E-state index contributed by atoms with van der Waals surface area (Å²) in [5.41, 5.74) is 0. The van der Waals surface area contributed by atoms with Crippen molar-refractivity contribution < 1.29 is 13.9 Å². The van der Waals surface area contributed by atoms with Crippen LogP contribution in [0.15, 0.2) is 0 Å². The molecule has 0 aromatic heterocycles. The van der Waals surface area contributed by atoms with Crippen LogP contribution in [-0.4, -0.2) is 148 Å². The summed E-state index contributed by atoms with van der Waals surface area (Å²) in [7, 11) is 8.40. The van der Waals surface area contributed by atoms with Crippen molar-refractivity contribution in [3.63, 3.8) is 0 Å². The van der Waals surface area contributed by atoms with Crippen molar-refractivity contribution in [3.8, 4) is 0 Å². The maximum absolute atomic E-state index is 13.4. The number of hydrogen-bond acceptors (Lipinski definition) is 7. The Hall–Kier alpha value is -0.420. The number of alkyl halides is 2. The quantitative estimate of drug-likeness (QED) is 0.417. The molecule has 9 heteroatoms. The van der Waals surface area contributed by atoms with Gasteiger partial charge in [0.05, 0.1) is 6.10 Å². The van der Waals surface area contributed by atoms with Gasteiger partial charge in [0.25, 0.3) is 0 Å². The number of β-amino-alcohol motifs (C(OH)–C–C–N with tert-alkyl or cyclic N) is 1. The molecule has 6 fully saturated rings.